The highest BCUT2D eigenvalue weighted by molar-refractivity contribution is 7.98. The fourth-order valence-electron chi connectivity index (χ4n) is 2.40. The van der Waals surface area contributed by atoms with Gasteiger partial charge in [-0.25, -0.2) is 0 Å². The fraction of sp³-hybridized carbons (Fsp3) is 0.588. The topological polar surface area (TPSA) is 50.8 Å². The summed E-state index contributed by atoms with van der Waals surface area (Å²) in [5.41, 5.74) is 1.06. The normalized spacial score (nSPS) is 13.2. The largest absolute Gasteiger partial charge is 0.493 e. The van der Waals surface area contributed by atoms with Gasteiger partial charge in [-0.05, 0) is 49.3 Å². The Labute approximate surface area is 154 Å². The second-order valence-electron chi connectivity index (χ2n) is 5.84. The molecule has 1 aliphatic rings. The summed E-state index contributed by atoms with van der Waals surface area (Å²) in [5, 5.41) is 3.24. The van der Waals surface area contributed by atoms with E-state index >= 15 is 0 Å². The fourth-order valence-corrected chi connectivity index (χ4v) is 3.01. The van der Waals surface area contributed by atoms with Crippen LogP contribution in [0.15, 0.2) is 17.0 Å². The smallest absolute Gasteiger partial charge is 0.236 e. The van der Waals surface area contributed by atoms with Crippen LogP contribution in [0.2, 0.25) is 0 Å². The molecule has 0 spiro atoms. The van der Waals surface area contributed by atoms with Crippen LogP contribution in [0.5, 0.6) is 11.5 Å². The van der Waals surface area contributed by atoms with E-state index in [1.165, 1.54) is 12.8 Å². The number of nitrogens with one attached hydrogen (secondary N) is 1. The van der Waals surface area contributed by atoms with Crippen LogP contribution in [0, 0.1) is 5.92 Å². The molecule has 0 aromatic heterocycles. The Morgan fingerprint density at radius 2 is 1.92 bits per heavy atom. The molecule has 1 aliphatic carbocycles. The summed E-state index contributed by atoms with van der Waals surface area (Å²) in [5.74, 6) is 2.28. The second kappa shape index (κ2) is 10.0. The lowest BCUT2D eigenvalue weighted by atomic mass is 10.2. The molecule has 0 bridgehead atoms. The molecule has 136 valence electrons. The zero-order chi connectivity index (χ0) is 16.8. The maximum absolute atomic E-state index is 12.2. The first-order valence-electron chi connectivity index (χ1n) is 7.82. The van der Waals surface area contributed by atoms with Gasteiger partial charge in [-0.15, -0.1) is 24.2 Å². The van der Waals surface area contributed by atoms with Crippen molar-refractivity contribution in [3.05, 3.63) is 17.7 Å². The second-order valence-corrected chi connectivity index (χ2v) is 6.69. The Morgan fingerprint density at radius 1 is 1.29 bits per heavy atom. The molecule has 0 saturated heterocycles. The first kappa shape index (κ1) is 20.9. The molecule has 1 amide bonds. The van der Waals surface area contributed by atoms with E-state index in [0.29, 0.717) is 24.6 Å². The standard InChI is InChI=1S/C17H26N2O3S.ClH/c1-19(17(20)10-18-9-12-5-6-12)11-13-7-14(21-2)15(22-3)8-16(13)23-4;/h7-8,12,18H,5-6,9-11H2,1-4H3;1H. The van der Waals surface area contributed by atoms with E-state index in [2.05, 4.69) is 5.32 Å². The van der Waals surface area contributed by atoms with E-state index in [4.69, 9.17) is 9.47 Å². The van der Waals surface area contributed by atoms with Crippen molar-refractivity contribution < 1.29 is 14.3 Å². The van der Waals surface area contributed by atoms with Gasteiger partial charge in [0.2, 0.25) is 5.91 Å². The molecule has 1 saturated carbocycles. The summed E-state index contributed by atoms with van der Waals surface area (Å²) >= 11 is 1.64. The van der Waals surface area contributed by atoms with E-state index in [1.807, 2.05) is 25.4 Å². The number of amides is 1. The Hall–Kier alpha value is -1.11. The number of thioether (sulfide) groups is 1. The number of likely N-dealkylation sites (N-methyl/N-ethyl adjacent to an activating group) is 1. The number of ether oxygens (including phenoxy) is 2. The van der Waals surface area contributed by atoms with Crippen LogP contribution >= 0.6 is 24.2 Å². The van der Waals surface area contributed by atoms with Crippen molar-refractivity contribution in [2.45, 2.75) is 24.3 Å². The number of hydrogen-bond donors (Lipinski definition) is 1. The van der Waals surface area contributed by atoms with E-state index in [0.717, 1.165) is 22.9 Å². The zero-order valence-electron chi connectivity index (χ0n) is 14.8. The third kappa shape index (κ3) is 5.76. The van der Waals surface area contributed by atoms with Gasteiger partial charge >= 0.3 is 0 Å². The molecule has 5 nitrogen and oxygen atoms in total. The quantitative estimate of drug-likeness (QED) is 0.673. The Balaban J connectivity index is 0.00000288. The summed E-state index contributed by atoms with van der Waals surface area (Å²) < 4.78 is 10.7. The highest BCUT2D eigenvalue weighted by Crippen LogP contribution is 2.35. The lowest BCUT2D eigenvalue weighted by Crippen LogP contribution is -2.36. The number of carbonyl (C=O) groups excluding carboxylic acids is 1. The van der Waals surface area contributed by atoms with Crippen molar-refractivity contribution in [3.63, 3.8) is 0 Å². The minimum Gasteiger partial charge on any atom is -0.493 e. The molecule has 0 aliphatic heterocycles. The zero-order valence-corrected chi connectivity index (χ0v) is 16.4. The van der Waals surface area contributed by atoms with Crippen molar-refractivity contribution >= 4 is 30.1 Å². The summed E-state index contributed by atoms with van der Waals surface area (Å²) in [6.45, 7) is 1.90. The molecular weight excluding hydrogens is 348 g/mol. The predicted molar refractivity (Wildman–Crippen MR) is 101 cm³/mol. The van der Waals surface area contributed by atoms with Crippen molar-refractivity contribution in [2.24, 2.45) is 5.92 Å². The first-order chi connectivity index (χ1) is 11.1. The lowest BCUT2D eigenvalue weighted by Gasteiger charge is -2.20. The molecule has 1 N–H and O–H groups in total. The third-order valence-electron chi connectivity index (χ3n) is 4.03. The average molecular weight is 375 g/mol. The van der Waals surface area contributed by atoms with Gasteiger partial charge in [0.15, 0.2) is 11.5 Å². The first-order valence-corrected chi connectivity index (χ1v) is 9.05. The van der Waals surface area contributed by atoms with Crippen LogP contribution < -0.4 is 14.8 Å². The number of benzene rings is 1. The summed E-state index contributed by atoms with van der Waals surface area (Å²) in [4.78, 5) is 15.1. The SMILES string of the molecule is COc1cc(CN(C)C(=O)CNCC2CC2)c(SC)cc1OC.Cl. The van der Waals surface area contributed by atoms with E-state index in [-0.39, 0.29) is 18.3 Å². The predicted octanol–water partition coefficient (Wildman–Crippen LogP) is 2.81. The van der Waals surface area contributed by atoms with E-state index in [1.54, 1.807) is 30.9 Å². The van der Waals surface area contributed by atoms with Crippen LogP contribution in [-0.2, 0) is 11.3 Å². The molecule has 7 heteroatoms. The number of methoxy groups -OCH3 is 2. The molecule has 2 rings (SSSR count). The highest BCUT2D eigenvalue weighted by atomic mass is 35.5. The highest BCUT2D eigenvalue weighted by Gasteiger charge is 2.21. The number of rotatable bonds is 9. The molecule has 0 unspecified atom stereocenters. The molecule has 1 fully saturated rings. The Bertz CT molecular complexity index is 553. The van der Waals surface area contributed by atoms with Crippen LogP contribution in [0.25, 0.3) is 0 Å². The minimum absolute atomic E-state index is 0. The summed E-state index contributed by atoms with van der Waals surface area (Å²) in [6, 6.07) is 3.91. The number of hydrogen-bond acceptors (Lipinski definition) is 5. The maximum Gasteiger partial charge on any atom is 0.236 e. The Kier molecular flexibility index (Phi) is 8.73. The van der Waals surface area contributed by atoms with Crippen LogP contribution in [0.3, 0.4) is 0 Å². The van der Waals surface area contributed by atoms with Gasteiger partial charge in [0.25, 0.3) is 0 Å². The van der Waals surface area contributed by atoms with E-state index < -0.39 is 0 Å². The van der Waals surface area contributed by atoms with Gasteiger partial charge in [-0.3, -0.25) is 4.79 Å². The van der Waals surface area contributed by atoms with Crippen molar-refractivity contribution in [2.75, 3.05) is 40.6 Å². The molecular formula is C17H27ClN2O3S. The lowest BCUT2D eigenvalue weighted by molar-refractivity contribution is -0.129. The number of nitrogens with zero attached hydrogens (tertiary/aromatic N) is 1. The summed E-state index contributed by atoms with van der Waals surface area (Å²) in [7, 11) is 5.09. The average Bonchev–Trinajstić information content (AvgIpc) is 3.38. The molecule has 0 radical (unpaired) electrons. The van der Waals surface area contributed by atoms with Gasteiger partial charge < -0.3 is 19.7 Å². The van der Waals surface area contributed by atoms with Gasteiger partial charge in [-0.2, -0.15) is 0 Å². The molecule has 0 heterocycles. The van der Waals surface area contributed by atoms with Crippen LogP contribution in [0.4, 0.5) is 0 Å². The van der Waals surface area contributed by atoms with Crippen molar-refractivity contribution in [3.8, 4) is 11.5 Å². The maximum atomic E-state index is 12.2. The minimum atomic E-state index is 0. The van der Waals surface area contributed by atoms with Gasteiger partial charge in [0, 0.05) is 18.5 Å². The van der Waals surface area contributed by atoms with Crippen LogP contribution in [0.1, 0.15) is 18.4 Å². The van der Waals surface area contributed by atoms with Gasteiger partial charge in [0.1, 0.15) is 0 Å². The molecule has 24 heavy (non-hydrogen) atoms. The van der Waals surface area contributed by atoms with Crippen molar-refractivity contribution in [1.29, 1.82) is 0 Å². The van der Waals surface area contributed by atoms with Gasteiger partial charge in [0.05, 0.1) is 20.8 Å². The van der Waals surface area contributed by atoms with Gasteiger partial charge in [-0.1, -0.05) is 0 Å². The monoisotopic (exact) mass is 374 g/mol. The van der Waals surface area contributed by atoms with Crippen molar-refractivity contribution in [1.82, 2.24) is 10.2 Å². The summed E-state index contributed by atoms with van der Waals surface area (Å²) in [6.07, 6.45) is 4.60. The van der Waals surface area contributed by atoms with E-state index in [9.17, 15) is 4.79 Å². The molecule has 0 atom stereocenters. The number of halogens is 1. The van der Waals surface area contributed by atoms with Crippen LogP contribution in [-0.4, -0.2) is 51.4 Å². The number of carbonyl (C=O) groups is 1. The Morgan fingerprint density at radius 3 is 2.46 bits per heavy atom. The molecule has 1 aromatic rings. The third-order valence-corrected chi connectivity index (χ3v) is 4.85. The molecule has 1 aromatic carbocycles.